The Morgan fingerprint density at radius 1 is 1.21 bits per heavy atom. The van der Waals surface area contributed by atoms with Crippen LogP contribution in [0.4, 0.5) is 0 Å². The number of phenols is 1. The maximum Gasteiger partial charge on any atom is 0.143 e. The van der Waals surface area contributed by atoms with Crippen molar-refractivity contribution >= 4 is 31.9 Å². The van der Waals surface area contributed by atoms with E-state index < -0.39 is 0 Å². The van der Waals surface area contributed by atoms with Gasteiger partial charge in [0.25, 0.3) is 0 Å². The highest BCUT2D eigenvalue weighted by atomic mass is 79.9. The average Bonchev–Trinajstić information content (AvgIpc) is 2.96. The summed E-state index contributed by atoms with van der Waals surface area (Å²) in [4.78, 5) is 2.61. The molecule has 104 valence electrons. The van der Waals surface area contributed by atoms with E-state index in [4.69, 9.17) is 0 Å². The highest BCUT2D eigenvalue weighted by Crippen LogP contribution is 2.33. The molecule has 0 saturated carbocycles. The molecule has 3 rings (SSSR count). The van der Waals surface area contributed by atoms with Crippen molar-refractivity contribution in [2.45, 2.75) is 37.9 Å². The molecular weight excluding hydrogens is 372 g/mol. The van der Waals surface area contributed by atoms with Crippen LogP contribution >= 0.6 is 31.9 Å². The molecule has 0 aliphatic carbocycles. The topological polar surface area (TPSA) is 35.5 Å². The van der Waals surface area contributed by atoms with E-state index in [1.54, 1.807) is 0 Å². The van der Waals surface area contributed by atoms with E-state index in [2.05, 4.69) is 42.1 Å². The minimum absolute atomic E-state index is 0.270. The van der Waals surface area contributed by atoms with E-state index in [-0.39, 0.29) is 5.75 Å². The summed E-state index contributed by atoms with van der Waals surface area (Å²) in [5, 5.41) is 13.4. The second-order valence-electron chi connectivity index (χ2n) is 5.43. The third-order valence-corrected chi connectivity index (χ3v) is 5.46. The van der Waals surface area contributed by atoms with Crippen LogP contribution in [-0.2, 0) is 6.54 Å². The molecule has 0 radical (unpaired) electrons. The van der Waals surface area contributed by atoms with Crippen LogP contribution in [-0.4, -0.2) is 35.2 Å². The highest BCUT2D eigenvalue weighted by molar-refractivity contribution is 9.11. The van der Waals surface area contributed by atoms with Gasteiger partial charge >= 0.3 is 0 Å². The number of benzene rings is 1. The van der Waals surface area contributed by atoms with E-state index in [9.17, 15) is 5.11 Å². The molecule has 2 N–H and O–H groups in total. The number of halogens is 2. The maximum absolute atomic E-state index is 9.71. The molecular formula is C14H18Br2N2O. The Morgan fingerprint density at radius 2 is 1.95 bits per heavy atom. The minimum Gasteiger partial charge on any atom is -0.506 e. The first-order chi connectivity index (χ1) is 9.15. The number of hydrogen-bond acceptors (Lipinski definition) is 3. The van der Waals surface area contributed by atoms with Crippen molar-refractivity contribution in [3.8, 4) is 5.75 Å². The zero-order valence-electron chi connectivity index (χ0n) is 10.7. The Bertz CT molecular complexity index is 458. The molecule has 0 aromatic heterocycles. The van der Waals surface area contributed by atoms with Crippen LogP contribution < -0.4 is 5.32 Å². The fourth-order valence-electron chi connectivity index (χ4n) is 3.29. The Kier molecular flexibility index (Phi) is 4.17. The molecule has 2 unspecified atom stereocenters. The van der Waals surface area contributed by atoms with Gasteiger partial charge in [-0.25, -0.2) is 0 Å². The number of fused-ring (bicyclic) bond motifs is 1. The first-order valence-electron chi connectivity index (χ1n) is 6.79. The van der Waals surface area contributed by atoms with E-state index in [0.717, 1.165) is 21.5 Å². The molecule has 0 spiro atoms. The van der Waals surface area contributed by atoms with Crippen LogP contribution in [0, 0.1) is 0 Å². The van der Waals surface area contributed by atoms with Gasteiger partial charge in [0.05, 0.1) is 8.95 Å². The summed E-state index contributed by atoms with van der Waals surface area (Å²) in [6, 6.07) is 5.32. The lowest BCUT2D eigenvalue weighted by atomic mass is 10.1. The molecule has 1 aromatic carbocycles. The summed E-state index contributed by atoms with van der Waals surface area (Å²) in [6.07, 6.45) is 3.94. The summed E-state index contributed by atoms with van der Waals surface area (Å²) in [7, 11) is 0. The molecule has 1 aromatic rings. The van der Waals surface area contributed by atoms with Crippen LogP contribution in [0.5, 0.6) is 5.75 Å². The third-order valence-electron chi connectivity index (χ3n) is 4.25. The second kappa shape index (κ2) is 5.72. The molecule has 5 heteroatoms. The fraction of sp³-hybridized carbons (Fsp3) is 0.571. The number of nitrogens with zero attached hydrogens (tertiary/aromatic N) is 1. The molecule has 2 heterocycles. The van der Waals surface area contributed by atoms with Gasteiger partial charge < -0.3 is 10.4 Å². The first-order valence-corrected chi connectivity index (χ1v) is 8.38. The second-order valence-corrected chi connectivity index (χ2v) is 7.14. The molecule has 2 aliphatic heterocycles. The predicted octanol–water partition coefficient (Wildman–Crippen LogP) is 3.24. The Balaban J connectivity index is 1.63. The monoisotopic (exact) mass is 388 g/mol. The largest absolute Gasteiger partial charge is 0.506 e. The van der Waals surface area contributed by atoms with Crippen molar-refractivity contribution in [1.82, 2.24) is 10.2 Å². The van der Waals surface area contributed by atoms with E-state index in [0.29, 0.717) is 6.04 Å². The van der Waals surface area contributed by atoms with Crippen LogP contribution in [0.1, 0.15) is 24.8 Å². The number of nitrogens with one attached hydrogen (secondary N) is 1. The molecule has 2 saturated heterocycles. The third kappa shape index (κ3) is 2.84. The molecule has 0 amide bonds. The molecule has 0 bridgehead atoms. The first kappa shape index (κ1) is 13.9. The van der Waals surface area contributed by atoms with Gasteiger partial charge in [-0.2, -0.15) is 0 Å². The van der Waals surface area contributed by atoms with E-state index >= 15 is 0 Å². The normalized spacial score (nSPS) is 26.8. The van der Waals surface area contributed by atoms with Crippen LogP contribution in [0.2, 0.25) is 0 Å². The van der Waals surface area contributed by atoms with Gasteiger partial charge in [-0.3, -0.25) is 4.90 Å². The number of rotatable bonds is 3. The summed E-state index contributed by atoms with van der Waals surface area (Å²) in [5.41, 5.74) is 1.19. The van der Waals surface area contributed by atoms with Crippen LogP contribution in [0.25, 0.3) is 0 Å². The van der Waals surface area contributed by atoms with Crippen molar-refractivity contribution in [3.05, 3.63) is 26.6 Å². The summed E-state index contributed by atoms with van der Waals surface area (Å²) in [6.45, 7) is 3.37. The lowest BCUT2D eigenvalue weighted by molar-refractivity contribution is 0.298. The number of hydrogen-bond donors (Lipinski definition) is 2. The zero-order chi connectivity index (χ0) is 13.4. The van der Waals surface area contributed by atoms with Crippen LogP contribution in [0.3, 0.4) is 0 Å². The summed E-state index contributed by atoms with van der Waals surface area (Å²) >= 11 is 6.76. The quantitative estimate of drug-likeness (QED) is 0.832. The highest BCUT2D eigenvalue weighted by Gasteiger charge is 2.36. The van der Waals surface area contributed by atoms with Gasteiger partial charge in [0.1, 0.15) is 5.75 Å². The molecule has 2 atom stereocenters. The van der Waals surface area contributed by atoms with Crippen molar-refractivity contribution < 1.29 is 5.11 Å². The molecule has 2 aliphatic rings. The lowest BCUT2D eigenvalue weighted by Crippen LogP contribution is -2.38. The standard InChI is InChI=1S/C14H18Br2N2O/c15-10-6-9(7-11(16)14(10)19)8-17-12-3-5-18-4-1-2-13(12)18/h6-7,12-13,17,19H,1-5,8H2. The van der Waals surface area contributed by atoms with Gasteiger partial charge in [0, 0.05) is 25.2 Å². The van der Waals surface area contributed by atoms with E-state index in [1.165, 1.54) is 37.9 Å². The minimum atomic E-state index is 0.270. The van der Waals surface area contributed by atoms with Crippen molar-refractivity contribution in [2.24, 2.45) is 0 Å². The van der Waals surface area contributed by atoms with Crippen molar-refractivity contribution in [2.75, 3.05) is 13.1 Å². The maximum atomic E-state index is 9.71. The summed E-state index contributed by atoms with van der Waals surface area (Å²) < 4.78 is 1.49. The van der Waals surface area contributed by atoms with Gasteiger partial charge in [0.2, 0.25) is 0 Å². The Labute approximate surface area is 130 Å². The Morgan fingerprint density at radius 3 is 2.68 bits per heavy atom. The molecule has 19 heavy (non-hydrogen) atoms. The molecule has 3 nitrogen and oxygen atoms in total. The predicted molar refractivity (Wildman–Crippen MR) is 83.3 cm³/mol. The van der Waals surface area contributed by atoms with Gasteiger partial charge in [-0.1, -0.05) is 0 Å². The summed E-state index contributed by atoms with van der Waals surface area (Å²) in [5.74, 6) is 0.270. The number of phenolic OH excluding ortho intramolecular Hbond substituents is 1. The fourth-order valence-corrected chi connectivity index (χ4v) is 4.57. The van der Waals surface area contributed by atoms with Crippen LogP contribution in [0.15, 0.2) is 21.1 Å². The SMILES string of the molecule is Oc1c(Br)cc(CNC2CCN3CCCC23)cc1Br. The van der Waals surface area contributed by atoms with Crippen molar-refractivity contribution in [1.29, 1.82) is 0 Å². The average molecular weight is 390 g/mol. The Hall–Kier alpha value is -0.100. The lowest BCUT2D eigenvalue weighted by Gasteiger charge is -2.21. The van der Waals surface area contributed by atoms with Gasteiger partial charge in [0.15, 0.2) is 0 Å². The molecule has 2 fully saturated rings. The van der Waals surface area contributed by atoms with Gasteiger partial charge in [-0.05, 0) is 75.4 Å². The zero-order valence-corrected chi connectivity index (χ0v) is 13.9. The van der Waals surface area contributed by atoms with E-state index in [1.807, 2.05) is 12.1 Å². The van der Waals surface area contributed by atoms with Gasteiger partial charge in [-0.15, -0.1) is 0 Å². The number of aromatic hydroxyl groups is 1. The van der Waals surface area contributed by atoms with Crippen molar-refractivity contribution in [3.63, 3.8) is 0 Å². The smallest absolute Gasteiger partial charge is 0.143 e.